The summed E-state index contributed by atoms with van der Waals surface area (Å²) in [6.45, 7) is 1.71. The molecule has 1 saturated heterocycles. The number of H-pyrrole nitrogens is 1. The van der Waals surface area contributed by atoms with Crippen molar-refractivity contribution in [2.45, 2.75) is 31.7 Å². The quantitative estimate of drug-likeness (QED) is 0.927. The highest BCUT2D eigenvalue weighted by atomic mass is 16.5. The second kappa shape index (κ2) is 6.16. The maximum atomic E-state index is 13.0. The van der Waals surface area contributed by atoms with Gasteiger partial charge < -0.3 is 9.64 Å². The number of aryl methyl sites for hydroxylation is 2. The molecule has 2 aliphatic rings. The van der Waals surface area contributed by atoms with E-state index in [1.54, 1.807) is 6.20 Å². The zero-order valence-electron chi connectivity index (χ0n) is 13.1. The van der Waals surface area contributed by atoms with Gasteiger partial charge in [0.15, 0.2) is 0 Å². The third-order valence-corrected chi connectivity index (χ3v) is 4.87. The van der Waals surface area contributed by atoms with Gasteiger partial charge in [0.1, 0.15) is 0 Å². The summed E-state index contributed by atoms with van der Waals surface area (Å²) in [5, 5.41) is 6.97. The Kier molecular flexibility index (Phi) is 3.87. The van der Waals surface area contributed by atoms with Crippen LogP contribution in [0.2, 0.25) is 0 Å². The van der Waals surface area contributed by atoms with E-state index in [-0.39, 0.29) is 11.9 Å². The zero-order valence-corrected chi connectivity index (χ0v) is 13.1. The molecule has 0 unspecified atom stereocenters. The molecule has 1 aliphatic heterocycles. The molecule has 1 aromatic carbocycles. The highest BCUT2D eigenvalue weighted by molar-refractivity contribution is 5.95. The molecule has 1 fully saturated rings. The van der Waals surface area contributed by atoms with E-state index < -0.39 is 0 Å². The van der Waals surface area contributed by atoms with Gasteiger partial charge in [0, 0.05) is 18.3 Å². The van der Waals surface area contributed by atoms with Crippen LogP contribution < -0.4 is 0 Å². The van der Waals surface area contributed by atoms with Crippen LogP contribution >= 0.6 is 0 Å². The Morgan fingerprint density at radius 1 is 1.22 bits per heavy atom. The summed E-state index contributed by atoms with van der Waals surface area (Å²) in [5.74, 6) is 0.0845. The van der Waals surface area contributed by atoms with E-state index in [0.717, 1.165) is 24.1 Å². The number of nitrogens with zero attached hydrogens (tertiary/aromatic N) is 2. The van der Waals surface area contributed by atoms with Crippen molar-refractivity contribution in [1.29, 1.82) is 0 Å². The van der Waals surface area contributed by atoms with Gasteiger partial charge in [-0.2, -0.15) is 5.10 Å². The Morgan fingerprint density at radius 3 is 2.91 bits per heavy atom. The first kappa shape index (κ1) is 14.5. The van der Waals surface area contributed by atoms with E-state index >= 15 is 0 Å². The number of hydrogen-bond acceptors (Lipinski definition) is 3. The second-order valence-electron chi connectivity index (χ2n) is 6.29. The highest BCUT2D eigenvalue weighted by Crippen LogP contribution is 2.27. The lowest BCUT2D eigenvalue weighted by molar-refractivity contribution is -0.00391. The summed E-state index contributed by atoms with van der Waals surface area (Å²) >= 11 is 0. The molecule has 1 aromatic heterocycles. The number of morpholine rings is 1. The predicted octanol–water partition coefficient (Wildman–Crippen LogP) is 2.50. The van der Waals surface area contributed by atoms with Crippen LogP contribution in [-0.4, -0.2) is 40.8 Å². The summed E-state index contributed by atoms with van der Waals surface area (Å²) in [6.07, 6.45) is 6.41. The van der Waals surface area contributed by atoms with Crippen LogP contribution in [0.15, 0.2) is 30.5 Å². The number of hydrogen-bond donors (Lipinski definition) is 1. The van der Waals surface area contributed by atoms with Gasteiger partial charge in [-0.15, -0.1) is 0 Å². The fourth-order valence-electron chi connectivity index (χ4n) is 3.59. The number of aromatic amines is 1. The van der Waals surface area contributed by atoms with Crippen molar-refractivity contribution in [1.82, 2.24) is 15.1 Å². The lowest BCUT2D eigenvalue weighted by Gasteiger charge is -2.35. The lowest BCUT2D eigenvalue weighted by atomic mass is 9.90. The molecule has 1 amide bonds. The van der Waals surface area contributed by atoms with Crippen LogP contribution in [0.4, 0.5) is 0 Å². The van der Waals surface area contributed by atoms with Gasteiger partial charge in [-0.3, -0.25) is 9.89 Å². The maximum absolute atomic E-state index is 13.0. The van der Waals surface area contributed by atoms with Crippen molar-refractivity contribution in [3.8, 4) is 0 Å². The van der Waals surface area contributed by atoms with Crippen molar-refractivity contribution < 1.29 is 9.53 Å². The molecule has 1 atom stereocenters. The Balaban J connectivity index is 1.62. The molecule has 5 heteroatoms. The van der Waals surface area contributed by atoms with Crippen LogP contribution in [-0.2, 0) is 17.6 Å². The molecule has 5 nitrogen and oxygen atoms in total. The highest BCUT2D eigenvalue weighted by Gasteiger charge is 2.30. The number of nitrogens with one attached hydrogen (secondary N) is 1. The van der Waals surface area contributed by atoms with Gasteiger partial charge in [0.05, 0.1) is 24.9 Å². The van der Waals surface area contributed by atoms with E-state index in [0.29, 0.717) is 19.8 Å². The van der Waals surface area contributed by atoms with Crippen LogP contribution in [0.25, 0.3) is 0 Å². The second-order valence-corrected chi connectivity index (χ2v) is 6.29. The summed E-state index contributed by atoms with van der Waals surface area (Å²) in [5.41, 5.74) is 4.46. The number of fused-ring (bicyclic) bond motifs is 1. The minimum absolute atomic E-state index is 0.0845. The van der Waals surface area contributed by atoms with E-state index in [1.165, 1.54) is 24.0 Å². The van der Waals surface area contributed by atoms with Crippen molar-refractivity contribution in [3.63, 3.8) is 0 Å². The molecular weight excluding hydrogens is 290 g/mol. The van der Waals surface area contributed by atoms with Gasteiger partial charge in [0.25, 0.3) is 5.91 Å². The van der Waals surface area contributed by atoms with Gasteiger partial charge in [-0.05, 0) is 55.0 Å². The normalized spacial score (nSPS) is 21.0. The average Bonchev–Trinajstić information content (AvgIpc) is 3.15. The fraction of sp³-hybridized carbons (Fsp3) is 0.444. The van der Waals surface area contributed by atoms with Crippen molar-refractivity contribution in [2.75, 3.05) is 19.8 Å². The lowest BCUT2D eigenvalue weighted by Crippen LogP contribution is -2.43. The van der Waals surface area contributed by atoms with Crippen molar-refractivity contribution in [2.24, 2.45) is 0 Å². The topological polar surface area (TPSA) is 58.2 Å². The van der Waals surface area contributed by atoms with E-state index in [1.807, 2.05) is 17.0 Å². The van der Waals surface area contributed by atoms with Crippen LogP contribution in [0.1, 0.15) is 46.1 Å². The Bertz CT molecular complexity index is 696. The minimum atomic E-state index is -0.0882. The Morgan fingerprint density at radius 2 is 2.09 bits per heavy atom. The fourth-order valence-corrected chi connectivity index (χ4v) is 3.59. The van der Waals surface area contributed by atoms with Crippen LogP contribution in [0, 0.1) is 0 Å². The summed E-state index contributed by atoms with van der Waals surface area (Å²) in [7, 11) is 0. The molecule has 4 rings (SSSR count). The summed E-state index contributed by atoms with van der Waals surface area (Å²) in [4.78, 5) is 14.9. The standard InChI is InChI=1S/C18H21N3O2/c22-18(15-6-5-13-3-1-2-4-14(13)11-15)21-9-10-23-12-17(21)16-7-8-19-20-16/h5-8,11,17H,1-4,9-10,12H2,(H,19,20)/t17-/m1/s1. The van der Waals surface area contributed by atoms with Crippen molar-refractivity contribution in [3.05, 3.63) is 52.8 Å². The molecule has 120 valence electrons. The number of ether oxygens (including phenoxy) is 1. The van der Waals surface area contributed by atoms with Gasteiger partial charge in [-0.1, -0.05) is 6.07 Å². The van der Waals surface area contributed by atoms with Crippen molar-refractivity contribution >= 4 is 5.91 Å². The monoisotopic (exact) mass is 311 g/mol. The number of benzene rings is 1. The molecule has 1 N–H and O–H groups in total. The first-order chi connectivity index (χ1) is 11.3. The van der Waals surface area contributed by atoms with Crippen LogP contribution in [0.3, 0.4) is 0 Å². The van der Waals surface area contributed by atoms with Gasteiger partial charge >= 0.3 is 0 Å². The average molecular weight is 311 g/mol. The molecule has 0 radical (unpaired) electrons. The molecule has 2 aromatic rings. The molecule has 23 heavy (non-hydrogen) atoms. The number of aromatic nitrogens is 2. The van der Waals surface area contributed by atoms with Gasteiger partial charge in [-0.25, -0.2) is 0 Å². The predicted molar refractivity (Wildman–Crippen MR) is 86.3 cm³/mol. The zero-order chi connectivity index (χ0) is 15.6. The third kappa shape index (κ3) is 2.77. The largest absolute Gasteiger partial charge is 0.377 e. The first-order valence-electron chi connectivity index (χ1n) is 8.33. The molecular formula is C18H21N3O2. The van der Waals surface area contributed by atoms with E-state index in [2.05, 4.69) is 22.3 Å². The molecule has 1 aliphatic carbocycles. The summed E-state index contributed by atoms with van der Waals surface area (Å²) < 4.78 is 5.57. The first-order valence-corrected chi connectivity index (χ1v) is 8.33. The van der Waals surface area contributed by atoms with Gasteiger partial charge in [0.2, 0.25) is 0 Å². The SMILES string of the molecule is O=C(c1ccc2c(c1)CCCC2)N1CCOC[C@@H]1c1ccn[nH]1. The van der Waals surface area contributed by atoms with Crippen LogP contribution in [0.5, 0.6) is 0 Å². The number of carbonyl (C=O) groups excluding carboxylic acids is 1. The smallest absolute Gasteiger partial charge is 0.254 e. The third-order valence-electron chi connectivity index (χ3n) is 4.87. The maximum Gasteiger partial charge on any atom is 0.254 e. The molecule has 0 bridgehead atoms. The Labute approximate surface area is 135 Å². The number of carbonyl (C=O) groups is 1. The van der Waals surface area contributed by atoms with E-state index in [9.17, 15) is 4.79 Å². The number of rotatable bonds is 2. The molecule has 0 spiro atoms. The Hall–Kier alpha value is -2.14. The van der Waals surface area contributed by atoms with E-state index in [4.69, 9.17) is 4.74 Å². The summed E-state index contributed by atoms with van der Waals surface area (Å²) in [6, 6.07) is 8.03. The molecule has 2 heterocycles. The number of amides is 1. The molecule has 0 saturated carbocycles. The minimum Gasteiger partial charge on any atom is -0.377 e.